The standard InChI is InChI=1S/C27H28ClF2NO5/c1-24-8-7-17(32)10-20(24)21(29)11-19-18-9-14-13-31(16-5-3-15(28)4-6-16)36-27(14,23(34)35)25(18,2)12-22(33)26(19,24)30/h3-8,10,14,18-19,21-22,33H,9,11-13H2,1-2H3,(H,34,35). The van der Waals surface area contributed by atoms with E-state index in [4.69, 9.17) is 16.4 Å². The zero-order chi connectivity index (χ0) is 25.8. The summed E-state index contributed by atoms with van der Waals surface area (Å²) in [6.45, 7) is 3.53. The third kappa shape index (κ3) is 2.68. The van der Waals surface area contributed by atoms with Gasteiger partial charge in [-0.15, -0.1) is 0 Å². The van der Waals surface area contributed by atoms with Crippen LogP contribution >= 0.6 is 11.6 Å². The molecule has 6 nitrogen and oxygen atoms in total. The van der Waals surface area contributed by atoms with Crippen LogP contribution in [0.3, 0.4) is 0 Å². The summed E-state index contributed by atoms with van der Waals surface area (Å²) in [6.07, 6.45) is 0.555. The van der Waals surface area contributed by atoms with Crippen LogP contribution in [0.2, 0.25) is 5.02 Å². The van der Waals surface area contributed by atoms with Crippen molar-refractivity contribution in [2.45, 2.75) is 56.7 Å². The fourth-order valence-electron chi connectivity index (χ4n) is 8.37. The Bertz CT molecular complexity index is 1220. The molecule has 0 bridgehead atoms. The molecule has 1 heterocycles. The Morgan fingerprint density at radius 1 is 1.19 bits per heavy atom. The Balaban J connectivity index is 1.43. The van der Waals surface area contributed by atoms with E-state index in [0.717, 1.165) is 6.08 Å². The fraction of sp³-hybridized carbons (Fsp3) is 0.556. The minimum absolute atomic E-state index is 0.0488. The number of hydrogen-bond donors (Lipinski definition) is 2. The normalized spacial score (nSPS) is 47.1. The molecule has 192 valence electrons. The van der Waals surface area contributed by atoms with Gasteiger partial charge in [0.05, 0.1) is 18.3 Å². The number of ketones is 1. The van der Waals surface area contributed by atoms with Gasteiger partial charge in [-0.25, -0.2) is 13.6 Å². The smallest absolute Gasteiger partial charge is 0.339 e. The van der Waals surface area contributed by atoms with E-state index in [9.17, 15) is 19.8 Å². The van der Waals surface area contributed by atoms with Crippen LogP contribution in [0, 0.1) is 28.6 Å². The topological polar surface area (TPSA) is 87.1 Å². The summed E-state index contributed by atoms with van der Waals surface area (Å²) < 4.78 is 32.9. The zero-order valence-corrected chi connectivity index (χ0v) is 20.7. The van der Waals surface area contributed by atoms with Crippen molar-refractivity contribution in [1.82, 2.24) is 0 Å². The number of carboxylic acids is 1. The second kappa shape index (κ2) is 7.39. The third-order valence-corrected chi connectivity index (χ3v) is 10.3. The number of nitrogens with zero attached hydrogens (tertiary/aromatic N) is 1. The van der Waals surface area contributed by atoms with E-state index in [1.807, 2.05) is 0 Å². The molecule has 2 N–H and O–H groups in total. The number of hydroxylamine groups is 1. The number of allylic oxidation sites excluding steroid dienone is 4. The molecule has 0 aromatic heterocycles. The molecule has 4 fully saturated rings. The number of anilines is 1. The Morgan fingerprint density at radius 3 is 2.56 bits per heavy atom. The zero-order valence-electron chi connectivity index (χ0n) is 20.0. The number of carboxylic acid groups (broad SMARTS) is 1. The van der Waals surface area contributed by atoms with E-state index in [0.29, 0.717) is 17.1 Å². The first-order valence-corrected chi connectivity index (χ1v) is 12.7. The van der Waals surface area contributed by atoms with E-state index in [1.165, 1.54) is 24.1 Å². The van der Waals surface area contributed by atoms with Crippen molar-refractivity contribution < 1.29 is 33.4 Å². The van der Waals surface area contributed by atoms with Crippen LogP contribution in [0.15, 0.2) is 48.1 Å². The molecule has 9 unspecified atom stereocenters. The van der Waals surface area contributed by atoms with Gasteiger partial charge in [-0.3, -0.25) is 14.7 Å². The fourth-order valence-corrected chi connectivity index (χ4v) is 8.50. The number of aliphatic hydroxyl groups excluding tert-OH is 1. The second-order valence-corrected chi connectivity index (χ2v) is 11.9. The predicted octanol–water partition coefficient (Wildman–Crippen LogP) is 4.46. The SMILES string of the molecule is CC12C=CC(=O)C=C1C(F)CC1C3CC4CN(c5ccc(Cl)cc5)OC4(C(=O)O)C3(C)CC(O)C12F. The molecule has 1 aromatic carbocycles. The number of carbonyl (C=O) groups is 2. The molecule has 36 heavy (non-hydrogen) atoms. The molecule has 0 radical (unpaired) electrons. The number of aliphatic carboxylic acids is 1. The van der Waals surface area contributed by atoms with Gasteiger partial charge in [-0.2, -0.15) is 0 Å². The van der Waals surface area contributed by atoms with Crippen LogP contribution in [0.5, 0.6) is 0 Å². The minimum Gasteiger partial charge on any atom is -0.479 e. The van der Waals surface area contributed by atoms with Gasteiger partial charge >= 0.3 is 5.97 Å². The Morgan fingerprint density at radius 2 is 1.89 bits per heavy atom. The van der Waals surface area contributed by atoms with Gasteiger partial charge in [-0.05, 0) is 74.1 Å². The minimum atomic E-state index is -2.25. The molecule has 1 aliphatic heterocycles. The lowest BCUT2D eigenvalue weighted by atomic mass is 9.44. The van der Waals surface area contributed by atoms with Crippen molar-refractivity contribution in [2.75, 3.05) is 11.6 Å². The van der Waals surface area contributed by atoms with Crippen molar-refractivity contribution >= 4 is 29.0 Å². The van der Waals surface area contributed by atoms with E-state index in [2.05, 4.69) is 0 Å². The number of alkyl halides is 2. The molecule has 0 amide bonds. The van der Waals surface area contributed by atoms with Crippen LogP contribution < -0.4 is 5.06 Å². The van der Waals surface area contributed by atoms with Gasteiger partial charge in [-0.1, -0.05) is 24.6 Å². The first-order chi connectivity index (χ1) is 16.9. The highest BCUT2D eigenvalue weighted by Crippen LogP contribution is 2.72. The Hall–Kier alpha value is -2.29. The first-order valence-electron chi connectivity index (χ1n) is 12.3. The van der Waals surface area contributed by atoms with Crippen molar-refractivity contribution in [3.8, 4) is 0 Å². The predicted molar refractivity (Wildman–Crippen MR) is 128 cm³/mol. The van der Waals surface area contributed by atoms with E-state index in [-0.39, 0.29) is 25.0 Å². The highest BCUT2D eigenvalue weighted by Gasteiger charge is 2.80. The van der Waals surface area contributed by atoms with Gasteiger partial charge in [0.2, 0.25) is 5.60 Å². The lowest BCUT2D eigenvalue weighted by Crippen LogP contribution is -2.70. The monoisotopic (exact) mass is 519 g/mol. The van der Waals surface area contributed by atoms with Crippen LogP contribution in [0.1, 0.15) is 33.1 Å². The number of fused-ring (bicyclic) bond motifs is 7. The van der Waals surface area contributed by atoms with Gasteiger partial charge in [0.25, 0.3) is 0 Å². The summed E-state index contributed by atoms with van der Waals surface area (Å²) >= 11 is 6.00. The third-order valence-electron chi connectivity index (χ3n) is 10.1. The van der Waals surface area contributed by atoms with Crippen molar-refractivity contribution in [3.63, 3.8) is 0 Å². The van der Waals surface area contributed by atoms with Crippen LogP contribution in [-0.2, 0) is 14.4 Å². The van der Waals surface area contributed by atoms with Crippen molar-refractivity contribution in [2.24, 2.45) is 28.6 Å². The van der Waals surface area contributed by atoms with E-state index in [1.54, 1.807) is 31.2 Å². The molecule has 0 spiro atoms. The van der Waals surface area contributed by atoms with Crippen molar-refractivity contribution in [3.05, 3.63) is 53.1 Å². The van der Waals surface area contributed by atoms with Crippen LogP contribution in [-0.4, -0.2) is 52.1 Å². The Labute approximate surface area is 212 Å². The number of carbonyl (C=O) groups excluding carboxylic acids is 1. The molecule has 1 saturated heterocycles. The largest absolute Gasteiger partial charge is 0.479 e. The summed E-state index contributed by atoms with van der Waals surface area (Å²) in [5.41, 5.74) is -5.93. The molecule has 6 rings (SSSR count). The molecule has 4 aliphatic carbocycles. The quantitative estimate of drug-likeness (QED) is 0.600. The van der Waals surface area contributed by atoms with Crippen LogP contribution in [0.4, 0.5) is 14.5 Å². The maximum atomic E-state index is 17.3. The van der Waals surface area contributed by atoms with Gasteiger partial charge in [0, 0.05) is 27.7 Å². The maximum Gasteiger partial charge on any atom is 0.339 e. The highest BCUT2D eigenvalue weighted by molar-refractivity contribution is 6.30. The molecule has 5 aliphatic rings. The number of halogens is 3. The summed E-state index contributed by atoms with van der Waals surface area (Å²) in [7, 11) is 0. The van der Waals surface area contributed by atoms with Gasteiger partial charge < -0.3 is 10.2 Å². The summed E-state index contributed by atoms with van der Waals surface area (Å²) in [6, 6.07) is 6.85. The molecule has 9 atom stereocenters. The molecule has 9 heteroatoms. The lowest BCUT2D eigenvalue weighted by molar-refractivity contribution is -0.233. The number of aliphatic hydroxyl groups is 1. The average molecular weight is 520 g/mol. The molecular weight excluding hydrogens is 492 g/mol. The van der Waals surface area contributed by atoms with E-state index < -0.39 is 63.9 Å². The van der Waals surface area contributed by atoms with Gasteiger partial charge in [0.1, 0.15) is 6.17 Å². The van der Waals surface area contributed by atoms with Crippen LogP contribution in [0.25, 0.3) is 0 Å². The first kappa shape index (κ1) is 24.1. The number of hydrogen-bond acceptors (Lipinski definition) is 5. The average Bonchev–Trinajstić information content (AvgIpc) is 3.32. The summed E-state index contributed by atoms with van der Waals surface area (Å²) in [5.74, 6) is -3.56. The Kier molecular flexibility index (Phi) is 4.94. The summed E-state index contributed by atoms with van der Waals surface area (Å²) in [5, 5.41) is 24.1. The maximum absolute atomic E-state index is 17.3. The van der Waals surface area contributed by atoms with Gasteiger partial charge in [0.15, 0.2) is 11.5 Å². The van der Waals surface area contributed by atoms with E-state index >= 15 is 8.78 Å². The summed E-state index contributed by atoms with van der Waals surface area (Å²) in [4.78, 5) is 31.2. The molecular formula is C27H28ClF2NO5. The number of benzene rings is 1. The number of rotatable bonds is 2. The molecule has 3 saturated carbocycles. The van der Waals surface area contributed by atoms with Crippen molar-refractivity contribution in [1.29, 1.82) is 0 Å². The second-order valence-electron chi connectivity index (χ2n) is 11.5. The highest BCUT2D eigenvalue weighted by atomic mass is 35.5. The lowest BCUT2D eigenvalue weighted by Gasteiger charge is -2.62. The molecule has 1 aromatic rings.